The summed E-state index contributed by atoms with van der Waals surface area (Å²) < 4.78 is 158. The molecular formula is C19H19N3O16S5. The van der Waals surface area contributed by atoms with E-state index in [1.165, 1.54) is 0 Å². The van der Waals surface area contributed by atoms with Gasteiger partial charge in [-0.05, 0) is 41.8 Å². The molecule has 3 aromatic rings. The predicted molar refractivity (Wildman–Crippen MR) is 145 cm³/mol. The summed E-state index contributed by atoms with van der Waals surface area (Å²) in [4.78, 5) is -2.66. The first-order chi connectivity index (χ1) is 19.4. The molecule has 0 atom stereocenters. The minimum absolute atomic E-state index is 0.148. The van der Waals surface area contributed by atoms with Crippen LogP contribution in [0.25, 0.3) is 10.8 Å². The Kier molecular flexibility index (Phi) is 9.25. The van der Waals surface area contributed by atoms with Crippen molar-refractivity contribution in [2.75, 3.05) is 18.1 Å². The van der Waals surface area contributed by atoms with Gasteiger partial charge in [-0.1, -0.05) is 0 Å². The number of anilines is 1. The number of hydrogen-bond donors (Lipinski definition) is 6. The van der Waals surface area contributed by atoms with Crippen LogP contribution in [0.15, 0.2) is 61.3 Å². The highest BCUT2D eigenvalue weighted by Gasteiger charge is 2.29. The third-order valence-electron chi connectivity index (χ3n) is 5.37. The van der Waals surface area contributed by atoms with Gasteiger partial charge in [-0.25, -0.2) is 12.6 Å². The maximum absolute atomic E-state index is 12.3. The number of hydrogen-bond acceptors (Lipinski definition) is 15. The highest BCUT2D eigenvalue weighted by molar-refractivity contribution is 7.91. The van der Waals surface area contributed by atoms with Crippen LogP contribution in [-0.4, -0.2) is 77.8 Å². The molecule has 236 valence electrons. The molecule has 0 bridgehead atoms. The van der Waals surface area contributed by atoms with Crippen molar-refractivity contribution in [1.29, 1.82) is 0 Å². The van der Waals surface area contributed by atoms with Gasteiger partial charge in [-0.15, -0.1) is 5.11 Å². The molecule has 0 heterocycles. The smallest absolute Gasteiger partial charge is 0.397 e. The van der Waals surface area contributed by atoms with Gasteiger partial charge in [-0.2, -0.15) is 38.8 Å². The molecule has 0 aromatic heterocycles. The Morgan fingerprint density at radius 1 is 0.767 bits per heavy atom. The molecule has 0 saturated carbocycles. The second-order valence-electron chi connectivity index (χ2n) is 8.38. The molecule has 0 aliphatic carbocycles. The second kappa shape index (κ2) is 11.6. The number of benzene rings is 3. The van der Waals surface area contributed by atoms with E-state index >= 15 is 0 Å². The Morgan fingerprint density at radius 3 is 1.79 bits per heavy atom. The van der Waals surface area contributed by atoms with Crippen molar-refractivity contribution in [3.05, 3.63) is 42.0 Å². The molecule has 19 nitrogen and oxygen atoms in total. The topological polar surface area (TPSA) is 332 Å². The third kappa shape index (κ3) is 8.40. The maximum Gasteiger partial charge on any atom is 0.397 e. The lowest BCUT2D eigenvalue weighted by Gasteiger charge is -2.15. The minimum Gasteiger partial charge on any atom is -0.507 e. The van der Waals surface area contributed by atoms with Gasteiger partial charge in [0.05, 0.1) is 34.0 Å². The number of nitrogens with zero attached hydrogens (tertiary/aromatic N) is 2. The SMILES string of the molecule is Nc1c(S(=O)(=O)O)cc2cc(S(=O)(=O)O)c(CS(=O)(=O)O)c(O)c2c1N=Nc1ccc(S(=O)(=O)CCOS(=O)(=O)O)cc1. The zero-order valence-electron chi connectivity index (χ0n) is 20.8. The van der Waals surface area contributed by atoms with Crippen LogP contribution in [0.5, 0.6) is 5.75 Å². The molecule has 0 unspecified atom stereocenters. The summed E-state index contributed by atoms with van der Waals surface area (Å²) in [6.45, 7) is -0.901. The van der Waals surface area contributed by atoms with E-state index in [0.717, 1.165) is 24.3 Å². The average Bonchev–Trinajstić information content (AvgIpc) is 2.82. The first-order valence-corrected chi connectivity index (χ1v) is 18.3. The van der Waals surface area contributed by atoms with Gasteiger partial charge >= 0.3 is 10.4 Å². The Bertz CT molecular complexity index is 2200. The molecule has 0 saturated heterocycles. The summed E-state index contributed by atoms with van der Waals surface area (Å²) in [5, 5.41) is 17.1. The van der Waals surface area contributed by atoms with Crippen molar-refractivity contribution in [1.82, 2.24) is 0 Å². The van der Waals surface area contributed by atoms with Crippen molar-refractivity contribution in [2.24, 2.45) is 10.2 Å². The fourth-order valence-electron chi connectivity index (χ4n) is 3.60. The molecule has 0 amide bonds. The van der Waals surface area contributed by atoms with Gasteiger partial charge in [0.25, 0.3) is 30.4 Å². The maximum atomic E-state index is 12.3. The fourth-order valence-corrected chi connectivity index (χ4v) is 7.25. The van der Waals surface area contributed by atoms with Crippen molar-refractivity contribution in [3.63, 3.8) is 0 Å². The normalized spacial score (nSPS) is 13.6. The van der Waals surface area contributed by atoms with Gasteiger partial charge in [0.1, 0.15) is 27.0 Å². The molecule has 3 rings (SSSR count). The number of nitrogens with two attached hydrogens (primary N) is 1. The number of azo groups is 1. The number of sulfone groups is 1. The number of fused-ring (bicyclic) bond motifs is 1. The van der Waals surface area contributed by atoms with Gasteiger partial charge in [0, 0.05) is 5.56 Å². The molecule has 0 fully saturated rings. The van der Waals surface area contributed by atoms with Crippen LogP contribution in [0.4, 0.5) is 17.1 Å². The summed E-state index contributed by atoms with van der Waals surface area (Å²) in [5.41, 5.74) is 3.00. The lowest BCUT2D eigenvalue weighted by Crippen LogP contribution is -2.15. The zero-order valence-corrected chi connectivity index (χ0v) is 24.9. The quantitative estimate of drug-likeness (QED) is 0.0920. The Morgan fingerprint density at radius 2 is 1.30 bits per heavy atom. The molecule has 0 aliphatic heterocycles. The van der Waals surface area contributed by atoms with Crippen LogP contribution >= 0.6 is 0 Å². The van der Waals surface area contributed by atoms with Crippen molar-refractivity contribution in [3.8, 4) is 5.75 Å². The summed E-state index contributed by atoms with van der Waals surface area (Å²) in [6.07, 6.45) is 0. The number of phenolic OH excluding ortho intramolecular Hbond substituents is 1. The van der Waals surface area contributed by atoms with Crippen LogP contribution in [-0.2, 0) is 60.5 Å². The zero-order chi connectivity index (χ0) is 32.8. The summed E-state index contributed by atoms with van der Waals surface area (Å²) in [7, 11) is -24.5. The molecule has 43 heavy (non-hydrogen) atoms. The van der Waals surface area contributed by atoms with E-state index in [0.29, 0.717) is 12.1 Å². The Balaban J connectivity index is 2.22. The molecule has 7 N–H and O–H groups in total. The molecule has 3 aromatic carbocycles. The lowest BCUT2D eigenvalue weighted by molar-refractivity contribution is 0.284. The summed E-state index contributed by atoms with van der Waals surface area (Å²) in [5.74, 6) is -3.64. The van der Waals surface area contributed by atoms with Gasteiger partial charge < -0.3 is 10.8 Å². The third-order valence-corrected chi connectivity index (χ3v) is 9.99. The number of aromatic hydroxyl groups is 1. The summed E-state index contributed by atoms with van der Waals surface area (Å²) in [6, 6.07) is 5.20. The predicted octanol–water partition coefficient (Wildman–Crippen LogP) is 1.02. The first kappa shape index (κ1) is 34.2. The van der Waals surface area contributed by atoms with Crippen LogP contribution in [0.3, 0.4) is 0 Å². The number of nitrogen functional groups attached to an aromatic ring is 1. The largest absolute Gasteiger partial charge is 0.507 e. The van der Waals surface area contributed by atoms with E-state index in [1.807, 2.05) is 0 Å². The molecule has 0 spiro atoms. The van der Waals surface area contributed by atoms with E-state index in [-0.39, 0.29) is 10.6 Å². The average molecular weight is 706 g/mol. The van der Waals surface area contributed by atoms with Crippen LogP contribution in [0, 0.1) is 0 Å². The second-order valence-corrected chi connectivity index (χ2v) is 15.8. The number of phenols is 1. The standard InChI is InChI=1S/C19H19N3O16S5/c20-17-15(42(32,33)34)8-10-7-14(41(29,30)31)13(9-40(26,27)28)19(23)16(10)18(17)22-21-11-1-3-12(4-2-11)39(24,25)6-5-38-43(35,36)37/h1-4,7-8,23H,5-6,9,20H2,(H,26,27,28)(H,29,30,31)(H,32,33,34)(H,35,36,37). The van der Waals surface area contributed by atoms with Crippen LogP contribution in [0.2, 0.25) is 0 Å². The van der Waals surface area contributed by atoms with Crippen LogP contribution in [0.1, 0.15) is 5.56 Å². The highest BCUT2D eigenvalue weighted by atomic mass is 32.3. The minimum atomic E-state index is -5.31. The lowest BCUT2D eigenvalue weighted by atomic mass is 10.0. The molecular weight excluding hydrogens is 687 g/mol. The Labute approximate surface area is 243 Å². The Hall–Kier alpha value is -3.33. The van der Waals surface area contributed by atoms with E-state index in [2.05, 4.69) is 14.4 Å². The summed E-state index contributed by atoms with van der Waals surface area (Å²) >= 11 is 0. The van der Waals surface area contributed by atoms with Crippen molar-refractivity contribution in [2.45, 2.75) is 20.4 Å². The molecule has 0 radical (unpaired) electrons. The van der Waals surface area contributed by atoms with Gasteiger partial charge in [0.2, 0.25) is 0 Å². The van der Waals surface area contributed by atoms with Crippen LogP contribution < -0.4 is 5.73 Å². The van der Waals surface area contributed by atoms with E-state index in [1.54, 1.807) is 0 Å². The fraction of sp³-hybridized carbons (Fsp3) is 0.158. The van der Waals surface area contributed by atoms with Gasteiger partial charge in [-0.3, -0.25) is 18.2 Å². The van der Waals surface area contributed by atoms with Crippen molar-refractivity contribution < 1.29 is 69.6 Å². The monoisotopic (exact) mass is 705 g/mol. The number of rotatable bonds is 11. The molecule has 0 aliphatic rings. The van der Waals surface area contributed by atoms with E-state index < -0.39 is 112 Å². The van der Waals surface area contributed by atoms with E-state index in [9.17, 15) is 60.9 Å². The highest BCUT2D eigenvalue weighted by Crippen LogP contribution is 2.46. The first-order valence-electron chi connectivity index (χ1n) is 10.8. The van der Waals surface area contributed by atoms with Crippen molar-refractivity contribution >= 4 is 78.4 Å². The van der Waals surface area contributed by atoms with Gasteiger partial charge in [0.15, 0.2) is 9.84 Å². The van der Waals surface area contributed by atoms with E-state index in [4.69, 9.17) is 10.3 Å². The molecule has 24 heteroatoms.